The molecule has 0 aliphatic rings. The highest BCUT2D eigenvalue weighted by Crippen LogP contribution is 2.15. The van der Waals surface area contributed by atoms with Crippen LogP contribution < -0.4 is 5.73 Å². The molecule has 0 heterocycles. The van der Waals surface area contributed by atoms with Gasteiger partial charge in [-0.05, 0) is 12.1 Å². The fourth-order valence-electron chi connectivity index (χ4n) is 1.18. The van der Waals surface area contributed by atoms with Crippen LogP contribution in [0.5, 0.6) is 0 Å². The van der Waals surface area contributed by atoms with Gasteiger partial charge in [0, 0.05) is 12.8 Å². The Bertz CT molecular complexity index is 344. The first-order valence-electron chi connectivity index (χ1n) is 5.05. The average Bonchev–Trinajstić information content (AvgIpc) is 2.29. The minimum absolute atomic E-state index is 0.449. The van der Waals surface area contributed by atoms with Crippen LogP contribution in [0.25, 0.3) is 0 Å². The van der Waals surface area contributed by atoms with Crippen molar-refractivity contribution in [2.24, 2.45) is 0 Å². The van der Waals surface area contributed by atoms with E-state index in [-0.39, 0.29) is 0 Å². The molecule has 1 aromatic carbocycles. The highest BCUT2D eigenvalue weighted by atomic mass is 32.2. The number of ether oxygens (including phenoxy) is 2. The maximum atomic E-state index is 11.8. The first-order chi connectivity index (χ1) is 7.75. The zero-order chi connectivity index (χ0) is 11.8. The second-order valence-electron chi connectivity index (χ2n) is 3.19. The number of methoxy groups -OCH3 is 1. The maximum Gasteiger partial charge on any atom is 0.0700 e. The Kier molecular flexibility index (Phi) is 6.07. The Labute approximate surface area is 98.2 Å². The van der Waals surface area contributed by atoms with Crippen LogP contribution in [0.2, 0.25) is 0 Å². The van der Waals surface area contributed by atoms with E-state index in [1.165, 1.54) is 0 Å². The normalized spacial score (nSPS) is 12.6. The molecule has 0 spiro atoms. The number of hydrogen-bond acceptors (Lipinski definition) is 4. The summed E-state index contributed by atoms with van der Waals surface area (Å²) in [6.45, 7) is 1.53. The van der Waals surface area contributed by atoms with Crippen molar-refractivity contribution in [3.63, 3.8) is 0 Å². The van der Waals surface area contributed by atoms with Crippen molar-refractivity contribution in [3.05, 3.63) is 24.3 Å². The van der Waals surface area contributed by atoms with E-state index in [2.05, 4.69) is 0 Å². The van der Waals surface area contributed by atoms with Gasteiger partial charge < -0.3 is 15.2 Å². The Hall–Kier alpha value is -0.910. The van der Waals surface area contributed by atoms with E-state index in [1.807, 2.05) is 12.1 Å². The molecule has 4 nitrogen and oxygen atoms in total. The molecule has 0 radical (unpaired) electrons. The highest BCUT2D eigenvalue weighted by molar-refractivity contribution is 7.85. The molecule has 0 amide bonds. The molecule has 0 fully saturated rings. The van der Waals surface area contributed by atoms with Gasteiger partial charge in [0.05, 0.1) is 41.3 Å². The second-order valence-corrected chi connectivity index (χ2v) is 4.73. The molecule has 5 heteroatoms. The minimum Gasteiger partial charge on any atom is -0.398 e. The van der Waals surface area contributed by atoms with Crippen molar-refractivity contribution < 1.29 is 13.7 Å². The molecule has 1 unspecified atom stereocenters. The molecule has 0 bridgehead atoms. The summed E-state index contributed by atoms with van der Waals surface area (Å²) in [4.78, 5) is 0.679. The van der Waals surface area contributed by atoms with Crippen LogP contribution in [0, 0.1) is 0 Å². The van der Waals surface area contributed by atoms with Gasteiger partial charge in [0.1, 0.15) is 0 Å². The third kappa shape index (κ3) is 4.30. The molecule has 1 rings (SSSR count). The van der Waals surface area contributed by atoms with Gasteiger partial charge in [0.15, 0.2) is 0 Å². The lowest BCUT2D eigenvalue weighted by atomic mass is 10.3. The number of para-hydroxylation sites is 1. The van der Waals surface area contributed by atoms with Gasteiger partial charge in [-0.25, -0.2) is 0 Å². The fourth-order valence-corrected chi connectivity index (χ4v) is 2.23. The Balaban J connectivity index is 2.33. The first-order valence-corrected chi connectivity index (χ1v) is 6.37. The number of nitrogens with two attached hydrogens (primary N) is 1. The second kappa shape index (κ2) is 7.38. The van der Waals surface area contributed by atoms with Crippen molar-refractivity contribution >= 4 is 16.5 Å². The van der Waals surface area contributed by atoms with Crippen molar-refractivity contribution in [3.8, 4) is 0 Å². The summed E-state index contributed by atoms with van der Waals surface area (Å²) < 4.78 is 21.9. The van der Waals surface area contributed by atoms with Gasteiger partial charge in [0.2, 0.25) is 0 Å². The molecule has 1 atom stereocenters. The molecule has 16 heavy (non-hydrogen) atoms. The Morgan fingerprint density at radius 1 is 1.25 bits per heavy atom. The van der Waals surface area contributed by atoms with Crippen molar-refractivity contribution in [1.29, 1.82) is 0 Å². The zero-order valence-corrected chi connectivity index (χ0v) is 10.2. The monoisotopic (exact) mass is 243 g/mol. The smallest absolute Gasteiger partial charge is 0.0700 e. The summed E-state index contributed by atoms with van der Waals surface area (Å²) in [6.07, 6.45) is 0. The van der Waals surface area contributed by atoms with E-state index in [0.717, 1.165) is 0 Å². The molecule has 90 valence electrons. The molecule has 0 saturated carbocycles. The van der Waals surface area contributed by atoms with Gasteiger partial charge in [-0.2, -0.15) is 0 Å². The summed E-state index contributed by atoms with van der Waals surface area (Å²) in [6, 6.07) is 7.18. The largest absolute Gasteiger partial charge is 0.398 e. The summed E-state index contributed by atoms with van der Waals surface area (Å²) in [7, 11) is 0.526. The van der Waals surface area contributed by atoms with Crippen LogP contribution in [0.4, 0.5) is 5.69 Å². The molecule has 2 N–H and O–H groups in total. The van der Waals surface area contributed by atoms with E-state index in [4.69, 9.17) is 15.2 Å². The topological polar surface area (TPSA) is 61.5 Å². The summed E-state index contributed by atoms with van der Waals surface area (Å²) in [5.74, 6) is 0.456. The highest BCUT2D eigenvalue weighted by Gasteiger charge is 2.06. The van der Waals surface area contributed by atoms with Crippen LogP contribution in [-0.2, 0) is 20.3 Å². The van der Waals surface area contributed by atoms with E-state index < -0.39 is 10.8 Å². The lowest BCUT2D eigenvalue weighted by Gasteiger charge is -2.06. The van der Waals surface area contributed by atoms with Crippen molar-refractivity contribution in [1.82, 2.24) is 0 Å². The van der Waals surface area contributed by atoms with Gasteiger partial charge in [-0.3, -0.25) is 4.21 Å². The molecule has 0 aliphatic heterocycles. The third-order valence-corrected chi connectivity index (χ3v) is 3.41. The molecular weight excluding hydrogens is 226 g/mol. The van der Waals surface area contributed by atoms with E-state index in [0.29, 0.717) is 36.2 Å². The maximum absolute atomic E-state index is 11.8. The molecule has 1 aromatic rings. The van der Waals surface area contributed by atoms with Gasteiger partial charge >= 0.3 is 0 Å². The van der Waals surface area contributed by atoms with E-state index >= 15 is 0 Å². The SMILES string of the molecule is COCCOCCS(=O)c1ccccc1N. The van der Waals surface area contributed by atoms with Crippen molar-refractivity contribution in [2.75, 3.05) is 38.4 Å². The Morgan fingerprint density at radius 3 is 2.69 bits per heavy atom. The van der Waals surface area contributed by atoms with Crippen LogP contribution in [0.1, 0.15) is 0 Å². The number of anilines is 1. The van der Waals surface area contributed by atoms with E-state index in [1.54, 1.807) is 19.2 Å². The minimum atomic E-state index is -1.09. The number of benzene rings is 1. The lowest BCUT2D eigenvalue weighted by Crippen LogP contribution is -2.10. The first kappa shape index (κ1) is 13.2. The fraction of sp³-hybridized carbons (Fsp3) is 0.455. The molecule has 0 saturated heterocycles. The van der Waals surface area contributed by atoms with Crippen LogP contribution in [0.15, 0.2) is 29.2 Å². The molecule has 0 aromatic heterocycles. The number of rotatable bonds is 7. The summed E-state index contributed by atoms with van der Waals surface area (Å²) in [5, 5.41) is 0. The predicted octanol–water partition coefficient (Wildman–Crippen LogP) is 1.04. The average molecular weight is 243 g/mol. The van der Waals surface area contributed by atoms with Crippen molar-refractivity contribution in [2.45, 2.75) is 4.90 Å². The quantitative estimate of drug-likeness (QED) is 0.574. The van der Waals surface area contributed by atoms with Gasteiger partial charge in [-0.15, -0.1) is 0 Å². The number of nitrogen functional groups attached to an aromatic ring is 1. The summed E-state index contributed by atoms with van der Waals surface area (Å²) >= 11 is 0. The lowest BCUT2D eigenvalue weighted by molar-refractivity contribution is 0.0787. The Morgan fingerprint density at radius 2 is 2.00 bits per heavy atom. The van der Waals surface area contributed by atoms with Gasteiger partial charge in [0.25, 0.3) is 0 Å². The van der Waals surface area contributed by atoms with Crippen LogP contribution in [-0.4, -0.2) is 36.9 Å². The summed E-state index contributed by atoms with van der Waals surface area (Å²) in [5.41, 5.74) is 6.29. The standard InChI is InChI=1S/C11H17NO3S/c1-14-6-7-15-8-9-16(13)11-5-3-2-4-10(11)12/h2-5H,6-9,12H2,1H3. The third-order valence-electron chi connectivity index (χ3n) is 2.01. The number of hydrogen-bond donors (Lipinski definition) is 1. The zero-order valence-electron chi connectivity index (χ0n) is 9.35. The van der Waals surface area contributed by atoms with Crippen LogP contribution in [0.3, 0.4) is 0 Å². The molecular formula is C11H17NO3S. The van der Waals surface area contributed by atoms with Gasteiger partial charge in [-0.1, -0.05) is 12.1 Å². The van der Waals surface area contributed by atoms with E-state index in [9.17, 15) is 4.21 Å². The van der Waals surface area contributed by atoms with Crippen LogP contribution >= 0.6 is 0 Å². The molecule has 0 aliphatic carbocycles. The predicted molar refractivity (Wildman–Crippen MR) is 64.8 cm³/mol.